The van der Waals surface area contributed by atoms with Crippen molar-refractivity contribution in [1.29, 1.82) is 0 Å². The van der Waals surface area contributed by atoms with Crippen molar-refractivity contribution in [2.75, 3.05) is 59.4 Å². The molecule has 158 valence electrons. The minimum atomic E-state index is 0. The molecule has 27 heavy (non-hydrogen) atoms. The van der Waals surface area contributed by atoms with E-state index in [1.807, 2.05) is 11.9 Å². The van der Waals surface area contributed by atoms with E-state index in [2.05, 4.69) is 40.9 Å². The lowest BCUT2D eigenvalue weighted by molar-refractivity contribution is -0.133. The van der Waals surface area contributed by atoms with E-state index in [0.717, 1.165) is 71.0 Å². The predicted octanol–water partition coefficient (Wildman–Crippen LogP) is 2.64. The number of hydrogen-bond acceptors (Lipinski definition) is 3. The van der Waals surface area contributed by atoms with Gasteiger partial charge in [0.2, 0.25) is 5.91 Å². The monoisotopic (exact) mass is 493 g/mol. The highest BCUT2D eigenvalue weighted by molar-refractivity contribution is 14.0. The molecule has 0 saturated carbocycles. The Kier molecular flexibility index (Phi) is 11.0. The van der Waals surface area contributed by atoms with E-state index in [-0.39, 0.29) is 24.0 Å². The summed E-state index contributed by atoms with van der Waals surface area (Å²) in [5, 5.41) is 3.50. The van der Waals surface area contributed by atoms with Crippen molar-refractivity contribution in [1.82, 2.24) is 20.0 Å². The van der Waals surface area contributed by atoms with Crippen LogP contribution in [0.1, 0.15) is 52.9 Å². The number of aliphatic imine (C=N–C) groups is 1. The van der Waals surface area contributed by atoms with E-state index in [1.54, 1.807) is 0 Å². The quantitative estimate of drug-likeness (QED) is 0.277. The topological polar surface area (TPSA) is 51.2 Å². The molecule has 0 radical (unpaired) electrons. The summed E-state index contributed by atoms with van der Waals surface area (Å²) in [5.41, 5.74) is 0.387. The fourth-order valence-electron chi connectivity index (χ4n) is 3.70. The number of rotatable bonds is 5. The van der Waals surface area contributed by atoms with Gasteiger partial charge in [-0.3, -0.25) is 14.7 Å². The SMILES string of the molecule is CN=C(NCCCC(C)(C)C)N1CCN(CC(=O)N2CCCCC2)CC1.I. The van der Waals surface area contributed by atoms with Crippen LogP contribution >= 0.6 is 24.0 Å². The van der Waals surface area contributed by atoms with Gasteiger partial charge < -0.3 is 15.1 Å². The molecule has 0 aliphatic carbocycles. The largest absolute Gasteiger partial charge is 0.356 e. The van der Waals surface area contributed by atoms with Crippen LogP contribution in [0.4, 0.5) is 0 Å². The summed E-state index contributed by atoms with van der Waals surface area (Å²) >= 11 is 0. The first-order valence-electron chi connectivity index (χ1n) is 10.3. The second kappa shape index (κ2) is 12.1. The van der Waals surface area contributed by atoms with Crippen molar-refractivity contribution in [3.05, 3.63) is 0 Å². The molecule has 2 aliphatic rings. The molecule has 2 aliphatic heterocycles. The van der Waals surface area contributed by atoms with Crippen LogP contribution in [-0.4, -0.2) is 86.0 Å². The van der Waals surface area contributed by atoms with Crippen LogP contribution in [0.5, 0.6) is 0 Å². The number of nitrogens with one attached hydrogen (secondary N) is 1. The number of carbonyl (C=O) groups excluding carboxylic acids is 1. The third kappa shape index (κ3) is 8.98. The Morgan fingerprint density at radius 3 is 2.15 bits per heavy atom. The highest BCUT2D eigenvalue weighted by Crippen LogP contribution is 2.19. The molecule has 2 fully saturated rings. The van der Waals surface area contributed by atoms with Gasteiger partial charge in [-0.1, -0.05) is 20.8 Å². The number of amides is 1. The Morgan fingerprint density at radius 2 is 1.59 bits per heavy atom. The Labute approximate surface area is 183 Å². The van der Waals surface area contributed by atoms with Crippen LogP contribution in [0.3, 0.4) is 0 Å². The summed E-state index contributed by atoms with van der Waals surface area (Å²) in [6.45, 7) is 14.0. The molecular formula is C20H40IN5O. The second-order valence-electron chi connectivity index (χ2n) is 8.84. The summed E-state index contributed by atoms with van der Waals surface area (Å²) < 4.78 is 0. The number of guanidine groups is 1. The maximum atomic E-state index is 12.4. The molecule has 0 bridgehead atoms. The first-order chi connectivity index (χ1) is 12.4. The molecule has 0 atom stereocenters. The molecular weight excluding hydrogens is 453 g/mol. The maximum absolute atomic E-state index is 12.4. The molecule has 0 unspecified atom stereocenters. The highest BCUT2D eigenvalue weighted by Gasteiger charge is 2.24. The molecule has 0 aromatic rings. The lowest BCUT2D eigenvalue weighted by atomic mass is 9.91. The van der Waals surface area contributed by atoms with Crippen LogP contribution in [0, 0.1) is 5.41 Å². The smallest absolute Gasteiger partial charge is 0.236 e. The van der Waals surface area contributed by atoms with Crippen LogP contribution in [0.25, 0.3) is 0 Å². The maximum Gasteiger partial charge on any atom is 0.236 e. The second-order valence-corrected chi connectivity index (χ2v) is 8.84. The normalized spacial score (nSPS) is 19.6. The van der Waals surface area contributed by atoms with Crippen LogP contribution < -0.4 is 5.32 Å². The molecule has 2 rings (SSSR count). The van der Waals surface area contributed by atoms with Gasteiger partial charge in [0, 0.05) is 52.9 Å². The van der Waals surface area contributed by atoms with Gasteiger partial charge in [-0.15, -0.1) is 24.0 Å². The van der Waals surface area contributed by atoms with Crippen LogP contribution in [-0.2, 0) is 4.79 Å². The number of halogens is 1. The standard InChI is InChI=1S/C20H39N5O.HI/c1-20(2,3)9-8-10-22-19(21-4)25-15-13-23(14-16-25)17-18(26)24-11-6-5-7-12-24;/h5-17H2,1-4H3,(H,21,22);1H. The fraction of sp³-hybridized carbons (Fsp3) is 0.900. The average molecular weight is 493 g/mol. The fourth-order valence-corrected chi connectivity index (χ4v) is 3.70. The van der Waals surface area contributed by atoms with Gasteiger partial charge in [0.05, 0.1) is 6.54 Å². The molecule has 1 N–H and O–H groups in total. The van der Waals surface area contributed by atoms with Crippen molar-refractivity contribution >= 4 is 35.8 Å². The van der Waals surface area contributed by atoms with E-state index in [4.69, 9.17) is 0 Å². The summed E-state index contributed by atoms with van der Waals surface area (Å²) in [5.74, 6) is 1.31. The van der Waals surface area contributed by atoms with E-state index in [9.17, 15) is 4.79 Å². The molecule has 0 spiro atoms. The van der Waals surface area contributed by atoms with Gasteiger partial charge in [0.15, 0.2) is 5.96 Å². The molecule has 2 saturated heterocycles. The number of piperidine rings is 1. The number of likely N-dealkylation sites (tertiary alicyclic amines) is 1. The summed E-state index contributed by atoms with van der Waals surface area (Å²) in [6, 6.07) is 0. The van der Waals surface area contributed by atoms with E-state index in [0.29, 0.717) is 17.9 Å². The zero-order chi connectivity index (χ0) is 19.0. The van der Waals surface area contributed by atoms with Crippen LogP contribution in [0.15, 0.2) is 4.99 Å². The molecule has 6 nitrogen and oxygen atoms in total. The molecule has 7 heteroatoms. The van der Waals surface area contributed by atoms with E-state index in [1.165, 1.54) is 12.8 Å². The number of carbonyl (C=O) groups is 1. The first kappa shape index (κ1) is 24.5. The minimum absolute atomic E-state index is 0. The van der Waals surface area contributed by atoms with Crippen molar-refractivity contribution < 1.29 is 4.79 Å². The number of piperazine rings is 1. The molecule has 0 aromatic heterocycles. The third-order valence-corrected chi connectivity index (χ3v) is 5.34. The van der Waals surface area contributed by atoms with Gasteiger partial charge in [0.1, 0.15) is 0 Å². The molecule has 2 heterocycles. The minimum Gasteiger partial charge on any atom is -0.356 e. The molecule has 0 aromatic carbocycles. The van der Waals surface area contributed by atoms with Gasteiger partial charge >= 0.3 is 0 Å². The van der Waals surface area contributed by atoms with E-state index >= 15 is 0 Å². The Hall–Kier alpha value is -0.570. The lowest BCUT2D eigenvalue weighted by Gasteiger charge is -2.37. The number of hydrogen-bond donors (Lipinski definition) is 1. The Balaban J connectivity index is 0.00000364. The zero-order valence-electron chi connectivity index (χ0n) is 17.8. The number of nitrogens with zero attached hydrogens (tertiary/aromatic N) is 4. The lowest BCUT2D eigenvalue weighted by Crippen LogP contribution is -2.54. The summed E-state index contributed by atoms with van der Waals surface area (Å²) in [7, 11) is 1.86. The molecule has 1 amide bonds. The van der Waals surface area contributed by atoms with Crippen molar-refractivity contribution in [3.8, 4) is 0 Å². The van der Waals surface area contributed by atoms with E-state index < -0.39 is 0 Å². The Bertz CT molecular complexity index is 463. The Morgan fingerprint density at radius 1 is 0.963 bits per heavy atom. The average Bonchev–Trinajstić information content (AvgIpc) is 2.62. The first-order valence-corrected chi connectivity index (χ1v) is 10.3. The van der Waals surface area contributed by atoms with Crippen molar-refractivity contribution in [3.63, 3.8) is 0 Å². The summed E-state index contributed by atoms with van der Waals surface area (Å²) in [4.78, 5) is 23.5. The van der Waals surface area contributed by atoms with Crippen molar-refractivity contribution in [2.45, 2.75) is 52.9 Å². The van der Waals surface area contributed by atoms with Crippen molar-refractivity contribution in [2.24, 2.45) is 10.4 Å². The van der Waals surface area contributed by atoms with Gasteiger partial charge in [-0.2, -0.15) is 0 Å². The highest BCUT2D eigenvalue weighted by atomic mass is 127. The van der Waals surface area contributed by atoms with Gasteiger partial charge in [-0.05, 0) is 37.5 Å². The predicted molar refractivity (Wildman–Crippen MR) is 124 cm³/mol. The van der Waals surface area contributed by atoms with Crippen LogP contribution in [0.2, 0.25) is 0 Å². The summed E-state index contributed by atoms with van der Waals surface area (Å²) in [6.07, 6.45) is 5.97. The van der Waals surface area contributed by atoms with Gasteiger partial charge in [0.25, 0.3) is 0 Å². The third-order valence-electron chi connectivity index (χ3n) is 5.34. The zero-order valence-corrected chi connectivity index (χ0v) is 20.1. The van der Waals surface area contributed by atoms with Gasteiger partial charge in [-0.25, -0.2) is 0 Å².